The monoisotopic (exact) mass is 308 g/mol. The molecule has 0 aliphatic rings. The number of carbonyl (C=O) groups excluding carboxylic acids is 1. The molecule has 5 nitrogen and oxygen atoms in total. The van der Waals surface area contributed by atoms with Crippen LogP contribution in [0.1, 0.15) is 40.9 Å². The molecular weight excluding hydrogens is 288 g/mol. The van der Waals surface area contributed by atoms with Gasteiger partial charge >= 0.3 is 0 Å². The van der Waals surface area contributed by atoms with E-state index in [9.17, 15) is 9.90 Å². The number of hydrogen-bond acceptors (Lipinski definition) is 5. The van der Waals surface area contributed by atoms with Crippen LogP contribution < -0.4 is 5.32 Å². The number of aliphatic hydroxyl groups is 1. The SMILES string of the molecule is CCC(O)CCNC(=O)c1sc(-c2ccc(C)o2)nc1C. The highest BCUT2D eigenvalue weighted by atomic mass is 32.1. The third kappa shape index (κ3) is 3.92. The average Bonchev–Trinajstić information content (AvgIpc) is 3.04. The molecule has 0 saturated heterocycles. The zero-order valence-corrected chi connectivity index (χ0v) is 13.3. The Hall–Kier alpha value is -1.66. The van der Waals surface area contributed by atoms with Gasteiger partial charge in [-0.25, -0.2) is 4.98 Å². The van der Waals surface area contributed by atoms with E-state index in [0.29, 0.717) is 40.7 Å². The molecule has 1 atom stereocenters. The molecule has 0 aliphatic carbocycles. The van der Waals surface area contributed by atoms with Gasteiger partial charge in [0.05, 0.1) is 11.8 Å². The van der Waals surface area contributed by atoms with E-state index in [2.05, 4.69) is 10.3 Å². The van der Waals surface area contributed by atoms with Gasteiger partial charge in [0.15, 0.2) is 10.8 Å². The summed E-state index contributed by atoms with van der Waals surface area (Å²) in [5.74, 6) is 1.35. The van der Waals surface area contributed by atoms with E-state index in [1.54, 1.807) is 0 Å². The highest BCUT2D eigenvalue weighted by molar-refractivity contribution is 7.17. The van der Waals surface area contributed by atoms with Crippen LogP contribution >= 0.6 is 11.3 Å². The normalized spacial score (nSPS) is 12.4. The molecule has 114 valence electrons. The molecule has 21 heavy (non-hydrogen) atoms. The van der Waals surface area contributed by atoms with Crippen LogP contribution in [0.5, 0.6) is 0 Å². The Morgan fingerprint density at radius 2 is 2.24 bits per heavy atom. The Kier molecular flexibility index (Phi) is 5.14. The third-order valence-electron chi connectivity index (χ3n) is 3.19. The Labute approximate surface area is 128 Å². The summed E-state index contributed by atoms with van der Waals surface area (Å²) in [5, 5.41) is 13.0. The lowest BCUT2D eigenvalue weighted by molar-refractivity contribution is 0.0945. The number of nitrogens with zero attached hydrogens (tertiary/aromatic N) is 1. The highest BCUT2D eigenvalue weighted by Gasteiger charge is 2.17. The summed E-state index contributed by atoms with van der Waals surface area (Å²) in [6.45, 7) is 6.06. The van der Waals surface area contributed by atoms with Crippen LogP contribution in [0.15, 0.2) is 16.5 Å². The largest absolute Gasteiger partial charge is 0.459 e. The molecule has 1 amide bonds. The molecule has 2 aromatic rings. The first-order chi connectivity index (χ1) is 10.0. The maximum atomic E-state index is 12.1. The summed E-state index contributed by atoms with van der Waals surface area (Å²) in [7, 11) is 0. The molecule has 2 N–H and O–H groups in total. The Morgan fingerprint density at radius 1 is 1.48 bits per heavy atom. The maximum absolute atomic E-state index is 12.1. The zero-order valence-electron chi connectivity index (χ0n) is 12.5. The predicted molar refractivity (Wildman–Crippen MR) is 82.5 cm³/mol. The Bertz CT molecular complexity index is 618. The van der Waals surface area contributed by atoms with E-state index < -0.39 is 0 Å². The third-order valence-corrected chi connectivity index (χ3v) is 4.36. The van der Waals surface area contributed by atoms with Crippen molar-refractivity contribution in [3.05, 3.63) is 28.5 Å². The van der Waals surface area contributed by atoms with Crippen LogP contribution in [0.3, 0.4) is 0 Å². The topological polar surface area (TPSA) is 75.4 Å². The van der Waals surface area contributed by atoms with Crippen molar-refractivity contribution in [1.82, 2.24) is 10.3 Å². The first-order valence-corrected chi connectivity index (χ1v) is 7.83. The van der Waals surface area contributed by atoms with Gasteiger partial charge in [0.25, 0.3) is 5.91 Å². The molecule has 2 heterocycles. The first kappa shape index (κ1) is 15.7. The van der Waals surface area contributed by atoms with E-state index in [1.165, 1.54) is 11.3 Å². The fraction of sp³-hybridized carbons (Fsp3) is 0.467. The number of carbonyl (C=O) groups is 1. The standard InChI is InChI=1S/C15H20N2O3S/c1-4-11(18)7-8-16-14(19)13-10(3)17-15(21-13)12-6-5-9(2)20-12/h5-6,11,18H,4,7-8H2,1-3H3,(H,16,19). The average molecular weight is 308 g/mol. The number of furan rings is 1. The van der Waals surface area contributed by atoms with Crippen molar-refractivity contribution in [2.45, 2.75) is 39.7 Å². The van der Waals surface area contributed by atoms with Crippen molar-refractivity contribution in [1.29, 1.82) is 0 Å². The molecular formula is C15H20N2O3S. The van der Waals surface area contributed by atoms with Gasteiger partial charge in [-0.05, 0) is 38.8 Å². The first-order valence-electron chi connectivity index (χ1n) is 7.01. The second-order valence-corrected chi connectivity index (χ2v) is 5.95. The minimum absolute atomic E-state index is 0.150. The van der Waals surface area contributed by atoms with E-state index in [-0.39, 0.29) is 12.0 Å². The number of amides is 1. The number of aromatic nitrogens is 1. The van der Waals surface area contributed by atoms with Crippen LogP contribution in [-0.4, -0.2) is 28.6 Å². The van der Waals surface area contributed by atoms with Gasteiger partial charge in [-0.1, -0.05) is 6.92 Å². The van der Waals surface area contributed by atoms with Crippen molar-refractivity contribution in [3.8, 4) is 10.8 Å². The van der Waals surface area contributed by atoms with Gasteiger partial charge < -0.3 is 14.8 Å². The number of aryl methyl sites for hydroxylation is 2. The van der Waals surface area contributed by atoms with Crippen LogP contribution in [0.4, 0.5) is 0 Å². The van der Waals surface area contributed by atoms with Gasteiger partial charge in [-0.2, -0.15) is 0 Å². The van der Waals surface area contributed by atoms with E-state index in [4.69, 9.17) is 4.42 Å². The summed E-state index contributed by atoms with van der Waals surface area (Å²) >= 11 is 1.32. The molecule has 2 aromatic heterocycles. The number of nitrogens with one attached hydrogen (secondary N) is 1. The summed E-state index contributed by atoms with van der Waals surface area (Å²) in [6.07, 6.45) is 0.886. The predicted octanol–water partition coefficient (Wildman–Crippen LogP) is 2.91. The molecule has 0 aromatic carbocycles. The van der Waals surface area contributed by atoms with Gasteiger partial charge in [-0.3, -0.25) is 4.79 Å². The fourth-order valence-electron chi connectivity index (χ4n) is 1.90. The van der Waals surface area contributed by atoms with Crippen LogP contribution in [0.2, 0.25) is 0 Å². The molecule has 0 bridgehead atoms. The molecule has 0 aliphatic heterocycles. The van der Waals surface area contributed by atoms with E-state index in [0.717, 1.165) is 5.76 Å². The molecule has 6 heteroatoms. The zero-order chi connectivity index (χ0) is 15.4. The molecule has 2 rings (SSSR count). The number of rotatable bonds is 6. The lowest BCUT2D eigenvalue weighted by Gasteiger charge is -2.08. The fourth-order valence-corrected chi connectivity index (χ4v) is 2.84. The second-order valence-electron chi connectivity index (χ2n) is 4.95. The molecule has 0 spiro atoms. The van der Waals surface area contributed by atoms with Crippen molar-refractivity contribution in [2.75, 3.05) is 6.54 Å². The van der Waals surface area contributed by atoms with E-state index in [1.807, 2.05) is 32.9 Å². The minimum atomic E-state index is -0.366. The minimum Gasteiger partial charge on any atom is -0.459 e. The highest BCUT2D eigenvalue weighted by Crippen LogP contribution is 2.29. The van der Waals surface area contributed by atoms with Crippen LogP contribution in [-0.2, 0) is 0 Å². The molecule has 0 saturated carbocycles. The number of hydrogen-bond donors (Lipinski definition) is 2. The van der Waals surface area contributed by atoms with Crippen molar-refractivity contribution in [2.24, 2.45) is 0 Å². The number of aliphatic hydroxyl groups excluding tert-OH is 1. The van der Waals surface area contributed by atoms with Gasteiger partial charge in [0, 0.05) is 6.54 Å². The number of thiazole rings is 1. The van der Waals surface area contributed by atoms with Crippen LogP contribution in [0, 0.1) is 13.8 Å². The molecule has 0 radical (unpaired) electrons. The molecule has 1 unspecified atom stereocenters. The quantitative estimate of drug-likeness (QED) is 0.860. The van der Waals surface area contributed by atoms with Crippen LogP contribution in [0.25, 0.3) is 10.8 Å². The summed E-state index contributed by atoms with van der Waals surface area (Å²) in [6, 6.07) is 3.73. The van der Waals surface area contributed by atoms with Gasteiger partial charge in [0.2, 0.25) is 0 Å². The summed E-state index contributed by atoms with van der Waals surface area (Å²) < 4.78 is 5.53. The summed E-state index contributed by atoms with van der Waals surface area (Å²) in [5.41, 5.74) is 0.692. The lowest BCUT2D eigenvalue weighted by atomic mass is 10.2. The Balaban J connectivity index is 2.03. The Morgan fingerprint density at radius 3 is 2.86 bits per heavy atom. The smallest absolute Gasteiger partial charge is 0.263 e. The summed E-state index contributed by atoms with van der Waals surface area (Å²) in [4.78, 5) is 17.1. The molecule has 0 fully saturated rings. The van der Waals surface area contributed by atoms with Crippen molar-refractivity contribution in [3.63, 3.8) is 0 Å². The van der Waals surface area contributed by atoms with Gasteiger partial charge in [-0.15, -0.1) is 11.3 Å². The van der Waals surface area contributed by atoms with Crippen molar-refractivity contribution >= 4 is 17.2 Å². The lowest BCUT2D eigenvalue weighted by Crippen LogP contribution is -2.26. The van der Waals surface area contributed by atoms with Crippen molar-refractivity contribution < 1.29 is 14.3 Å². The van der Waals surface area contributed by atoms with E-state index >= 15 is 0 Å². The van der Waals surface area contributed by atoms with Gasteiger partial charge in [0.1, 0.15) is 10.6 Å². The second kappa shape index (κ2) is 6.87. The maximum Gasteiger partial charge on any atom is 0.263 e.